The van der Waals surface area contributed by atoms with E-state index >= 15 is 0 Å². The molecule has 1 aromatic rings. The topological polar surface area (TPSA) is 58.0 Å². The minimum Gasteiger partial charge on any atom is -0.396 e. The van der Waals surface area contributed by atoms with Crippen molar-refractivity contribution in [1.82, 2.24) is 9.97 Å². The van der Waals surface area contributed by atoms with Gasteiger partial charge in [0.1, 0.15) is 0 Å². The van der Waals surface area contributed by atoms with Crippen molar-refractivity contribution in [3.05, 3.63) is 17.5 Å². The zero-order valence-electron chi connectivity index (χ0n) is 8.78. The summed E-state index contributed by atoms with van der Waals surface area (Å²) >= 11 is 5.82. The van der Waals surface area contributed by atoms with Gasteiger partial charge >= 0.3 is 0 Å². The molecular formula is C10H16ClN3O. The Kier molecular flexibility index (Phi) is 5.36. The molecular weight excluding hydrogens is 214 g/mol. The summed E-state index contributed by atoms with van der Waals surface area (Å²) in [4.78, 5) is 7.97. The normalized spacial score (nSPS) is 12.5. The number of aliphatic hydroxyl groups is 1. The van der Waals surface area contributed by atoms with E-state index in [0.29, 0.717) is 16.9 Å². The van der Waals surface area contributed by atoms with E-state index < -0.39 is 0 Å². The summed E-state index contributed by atoms with van der Waals surface area (Å²) in [5, 5.41) is 12.3. The molecule has 15 heavy (non-hydrogen) atoms. The first-order valence-corrected chi connectivity index (χ1v) is 5.43. The van der Waals surface area contributed by atoms with Gasteiger partial charge in [0.15, 0.2) is 11.0 Å². The van der Waals surface area contributed by atoms with Crippen molar-refractivity contribution in [2.45, 2.75) is 19.8 Å². The number of hydrogen-bond acceptors (Lipinski definition) is 4. The van der Waals surface area contributed by atoms with Gasteiger partial charge in [-0.15, -0.1) is 0 Å². The minimum atomic E-state index is 0.242. The summed E-state index contributed by atoms with van der Waals surface area (Å²) in [6, 6.07) is 0. The van der Waals surface area contributed by atoms with Crippen LogP contribution in [-0.4, -0.2) is 28.2 Å². The second-order valence-corrected chi connectivity index (χ2v) is 3.91. The maximum absolute atomic E-state index is 8.83. The van der Waals surface area contributed by atoms with Crippen LogP contribution in [0.25, 0.3) is 0 Å². The average Bonchev–Trinajstić information content (AvgIpc) is 2.26. The van der Waals surface area contributed by atoms with Gasteiger partial charge in [-0.3, -0.25) is 0 Å². The van der Waals surface area contributed by atoms with Crippen LogP contribution in [0.4, 0.5) is 5.82 Å². The number of aliphatic hydroxyl groups excluding tert-OH is 1. The molecule has 0 radical (unpaired) electrons. The van der Waals surface area contributed by atoms with Gasteiger partial charge in [-0.2, -0.15) is 0 Å². The number of nitrogens with zero attached hydrogens (tertiary/aromatic N) is 2. The fourth-order valence-electron chi connectivity index (χ4n) is 1.19. The maximum atomic E-state index is 8.83. The minimum absolute atomic E-state index is 0.242. The predicted molar refractivity (Wildman–Crippen MR) is 61.0 cm³/mol. The quantitative estimate of drug-likeness (QED) is 0.733. The largest absolute Gasteiger partial charge is 0.396 e. The highest BCUT2D eigenvalue weighted by Crippen LogP contribution is 2.14. The molecule has 0 aromatic carbocycles. The van der Waals surface area contributed by atoms with Gasteiger partial charge < -0.3 is 10.4 Å². The average molecular weight is 230 g/mol. The van der Waals surface area contributed by atoms with Gasteiger partial charge in [-0.1, -0.05) is 18.5 Å². The molecule has 0 aliphatic carbocycles. The highest BCUT2D eigenvalue weighted by Gasteiger charge is 2.02. The number of rotatable bonds is 6. The van der Waals surface area contributed by atoms with Gasteiger partial charge in [-0.25, -0.2) is 9.97 Å². The Bertz CT molecular complexity index is 296. The Balaban J connectivity index is 2.23. The van der Waals surface area contributed by atoms with E-state index in [9.17, 15) is 0 Å². The molecule has 2 N–H and O–H groups in total. The Hall–Kier alpha value is -0.870. The van der Waals surface area contributed by atoms with E-state index in [2.05, 4.69) is 15.3 Å². The van der Waals surface area contributed by atoms with Crippen LogP contribution in [-0.2, 0) is 0 Å². The molecule has 0 aliphatic heterocycles. The van der Waals surface area contributed by atoms with E-state index in [1.165, 1.54) is 0 Å². The van der Waals surface area contributed by atoms with Crippen LogP contribution in [0, 0.1) is 5.92 Å². The van der Waals surface area contributed by atoms with Crippen LogP contribution in [0.5, 0.6) is 0 Å². The lowest BCUT2D eigenvalue weighted by atomic mass is 10.1. The molecule has 0 saturated carbocycles. The van der Waals surface area contributed by atoms with Crippen molar-refractivity contribution in [2.75, 3.05) is 18.5 Å². The monoisotopic (exact) mass is 229 g/mol. The van der Waals surface area contributed by atoms with Crippen molar-refractivity contribution in [3.63, 3.8) is 0 Å². The van der Waals surface area contributed by atoms with E-state index in [1.54, 1.807) is 12.4 Å². The lowest BCUT2D eigenvalue weighted by Crippen LogP contribution is -2.07. The Morgan fingerprint density at radius 1 is 1.47 bits per heavy atom. The van der Waals surface area contributed by atoms with E-state index in [0.717, 1.165) is 19.4 Å². The number of halogens is 1. The van der Waals surface area contributed by atoms with Crippen LogP contribution in [0.15, 0.2) is 12.4 Å². The molecule has 5 heteroatoms. The van der Waals surface area contributed by atoms with Gasteiger partial charge in [-0.05, 0) is 18.8 Å². The third-order valence-electron chi connectivity index (χ3n) is 2.13. The zero-order valence-corrected chi connectivity index (χ0v) is 9.54. The van der Waals surface area contributed by atoms with Crippen molar-refractivity contribution in [1.29, 1.82) is 0 Å². The first kappa shape index (κ1) is 12.2. The number of hydrogen-bond donors (Lipinski definition) is 2. The van der Waals surface area contributed by atoms with Gasteiger partial charge in [0.05, 0.1) is 0 Å². The SMILES string of the molecule is CC(CO)CCCNc1nccnc1Cl. The molecule has 0 amide bonds. The van der Waals surface area contributed by atoms with Crippen LogP contribution < -0.4 is 5.32 Å². The molecule has 1 unspecified atom stereocenters. The summed E-state index contributed by atoms with van der Waals surface area (Å²) in [6.07, 6.45) is 5.13. The van der Waals surface area contributed by atoms with Crippen molar-refractivity contribution >= 4 is 17.4 Å². The number of aromatic nitrogens is 2. The van der Waals surface area contributed by atoms with E-state index in [1.807, 2.05) is 6.92 Å². The molecule has 84 valence electrons. The molecule has 0 aliphatic rings. The predicted octanol–water partition coefficient (Wildman–Crippen LogP) is 1.95. The van der Waals surface area contributed by atoms with Gasteiger partial charge in [0.2, 0.25) is 0 Å². The molecule has 4 nitrogen and oxygen atoms in total. The van der Waals surface area contributed by atoms with Crippen molar-refractivity contribution in [3.8, 4) is 0 Å². The second-order valence-electron chi connectivity index (χ2n) is 3.55. The third-order valence-corrected chi connectivity index (χ3v) is 2.41. The summed E-state index contributed by atoms with van der Waals surface area (Å²) in [5.74, 6) is 0.972. The molecule has 1 atom stereocenters. The molecule has 0 fully saturated rings. The summed E-state index contributed by atoms with van der Waals surface area (Å²) in [5.41, 5.74) is 0. The third kappa shape index (κ3) is 4.44. The summed E-state index contributed by atoms with van der Waals surface area (Å²) in [6.45, 7) is 3.06. The molecule has 0 spiro atoms. The summed E-state index contributed by atoms with van der Waals surface area (Å²) in [7, 11) is 0. The maximum Gasteiger partial charge on any atom is 0.171 e. The van der Waals surface area contributed by atoms with E-state index in [-0.39, 0.29) is 6.61 Å². The Morgan fingerprint density at radius 3 is 2.87 bits per heavy atom. The fourth-order valence-corrected chi connectivity index (χ4v) is 1.36. The van der Waals surface area contributed by atoms with Crippen LogP contribution >= 0.6 is 11.6 Å². The molecule has 0 saturated heterocycles. The lowest BCUT2D eigenvalue weighted by Gasteiger charge is -2.08. The standard InChI is InChI=1S/C10H16ClN3O/c1-8(7-15)3-2-4-13-10-9(11)12-5-6-14-10/h5-6,8,15H,2-4,7H2,1H3,(H,13,14). The zero-order chi connectivity index (χ0) is 11.1. The first-order chi connectivity index (χ1) is 7.24. The first-order valence-electron chi connectivity index (χ1n) is 5.05. The highest BCUT2D eigenvalue weighted by atomic mass is 35.5. The number of anilines is 1. The molecule has 0 bridgehead atoms. The highest BCUT2D eigenvalue weighted by molar-refractivity contribution is 6.31. The molecule has 1 heterocycles. The van der Waals surface area contributed by atoms with Crippen LogP contribution in [0.2, 0.25) is 5.15 Å². The Labute approximate surface area is 94.7 Å². The smallest absolute Gasteiger partial charge is 0.171 e. The van der Waals surface area contributed by atoms with Crippen molar-refractivity contribution in [2.24, 2.45) is 5.92 Å². The van der Waals surface area contributed by atoms with Gasteiger partial charge in [0.25, 0.3) is 0 Å². The Morgan fingerprint density at radius 2 is 2.20 bits per heavy atom. The molecule has 1 rings (SSSR count). The number of nitrogens with one attached hydrogen (secondary N) is 1. The lowest BCUT2D eigenvalue weighted by molar-refractivity contribution is 0.229. The summed E-state index contributed by atoms with van der Waals surface area (Å²) < 4.78 is 0. The van der Waals surface area contributed by atoms with Crippen LogP contribution in [0.3, 0.4) is 0 Å². The van der Waals surface area contributed by atoms with Gasteiger partial charge in [0, 0.05) is 25.5 Å². The molecule has 1 aromatic heterocycles. The van der Waals surface area contributed by atoms with E-state index in [4.69, 9.17) is 16.7 Å². The second kappa shape index (κ2) is 6.58. The fraction of sp³-hybridized carbons (Fsp3) is 0.600. The van der Waals surface area contributed by atoms with Crippen molar-refractivity contribution < 1.29 is 5.11 Å². The van der Waals surface area contributed by atoms with Crippen LogP contribution in [0.1, 0.15) is 19.8 Å².